The lowest BCUT2D eigenvalue weighted by molar-refractivity contribution is -0.131. The van der Waals surface area contributed by atoms with Gasteiger partial charge in [0.05, 0.1) is 7.11 Å². The number of rotatable bonds is 10. The van der Waals surface area contributed by atoms with Crippen LogP contribution < -0.4 is 0 Å². The highest BCUT2D eigenvalue weighted by atomic mass is 35.5. The minimum absolute atomic E-state index is 0.149. The molecule has 0 aliphatic carbocycles. The third kappa shape index (κ3) is 6.75. The zero-order chi connectivity index (χ0) is 19.6. The van der Waals surface area contributed by atoms with Crippen LogP contribution in [0.25, 0.3) is 0 Å². The van der Waals surface area contributed by atoms with Gasteiger partial charge in [0.1, 0.15) is 5.76 Å². The molecule has 2 aromatic rings. The molecule has 0 aliphatic heterocycles. The van der Waals surface area contributed by atoms with E-state index in [2.05, 4.69) is 4.74 Å². The highest BCUT2D eigenvalue weighted by Gasteiger charge is 2.13. The Hall–Kier alpha value is -2.27. The minimum atomic E-state index is -0.481. The van der Waals surface area contributed by atoms with Crippen LogP contribution in [0.2, 0.25) is 5.02 Å². The van der Waals surface area contributed by atoms with Crippen molar-refractivity contribution in [3.63, 3.8) is 0 Å². The molecule has 0 fully saturated rings. The number of benzene rings is 1. The molecule has 0 spiro atoms. The number of hydrogen-bond donors (Lipinski definition) is 0. The SMILES string of the molecule is CCC(=O)N(CCCc1cccc(Cl)c1)CCCc1ccc(C(=O)OC)o1. The molecule has 0 radical (unpaired) electrons. The summed E-state index contributed by atoms with van der Waals surface area (Å²) in [5, 5.41) is 0.735. The van der Waals surface area contributed by atoms with Crippen LogP contribution in [0.5, 0.6) is 0 Å². The van der Waals surface area contributed by atoms with Crippen LogP contribution >= 0.6 is 11.6 Å². The topological polar surface area (TPSA) is 59.8 Å². The Bertz CT molecular complexity index is 756. The average Bonchev–Trinajstić information content (AvgIpc) is 3.14. The van der Waals surface area contributed by atoms with Crippen molar-refractivity contribution < 1.29 is 18.7 Å². The van der Waals surface area contributed by atoms with Gasteiger partial charge in [-0.1, -0.05) is 30.7 Å². The van der Waals surface area contributed by atoms with Crippen LogP contribution in [0.15, 0.2) is 40.8 Å². The molecule has 6 heteroatoms. The summed E-state index contributed by atoms with van der Waals surface area (Å²) in [4.78, 5) is 25.5. The van der Waals surface area contributed by atoms with E-state index >= 15 is 0 Å². The molecule has 1 aromatic heterocycles. The number of methoxy groups -OCH3 is 1. The molecular weight excluding hydrogens is 366 g/mol. The van der Waals surface area contributed by atoms with Crippen LogP contribution in [0.1, 0.15) is 48.1 Å². The normalized spacial score (nSPS) is 10.6. The van der Waals surface area contributed by atoms with E-state index in [0.29, 0.717) is 25.9 Å². The number of aryl methyl sites for hydroxylation is 2. The van der Waals surface area contributed by atoms with Crippen molar-refractivity contribution in [2.45, 2.75) is 39.0 Å². The van der Waals surface area contributed by atoms with Gasteiger partial charge in [0, 0.05) is 31.0 Å². The van der Waals surface area contributed by atoms with Gasteiger partial charge in [0.25, 0.3) is 0 Å². The maximum absolute atomic E-state index is 12.2. The zero-order valence-electron chi connectivity index (χ0n) is 15.9. The summed E-state index contributed by atoms with van der Waals surface area (Å²) in [6.45, 7) is 3.25. The molecule has 0 saturated heterocycles. The number of carbonyl (C=O) groups is 2. The van der Waals surface area contributed by atoms with E-state index in [1.54, 1.807) is 12.1 Å². The second kappa shape index (κ2) is 10.8. The quantitative estimate of drug-likeness (QED) is 0.558. The largest absolute Gasteiger partial charge is 0.463 e. The minimum Gasteiger partial charge on any atom is -0.463 e. The number of amides is 1. The molecule has 1 amide bonds. The first-order valence-corrected chi connectivity index (χ1v) is 9.60. The molecule has 0 aliphatic rings. The number of carbonyl (C=O) groups excluding carboxylic acids is 2. The highest BCUT2D eigenvalue weighted by molar-refractivity contribution is 6.30. The van der Waals surface area contributed by atoms with Gasteiger partial charge in [-0.05, 0) is 49.1 Å². The van der Waals surface area contributed by atoms with Crippen LogP contribution in [0.4, 0.5) is 0 Å². The molecular formula is C21H26ClNO4. The van der Waals surface area contributed by atoms with E-state index in [9.17, 15) is 9.59 Å². The molecule has 0 atom stereocenters. The van der Waals surface area contributed by atoms with Crippen LogP contribution in [-0.2, 0) is 22.4 Å². The standard InChI is InChI=1S/C21H26ClNO4/c1-3-20(24)23(13-5-8-16-7-4-9-17(22)15-16)14-6-10-18-11-12-19(27-18)21(25)26-2/h4,7,9,11-12,15H,3,5-6,8,10,13-14H2,1-2H3. The van der Waals surface area contributed by atoms with Gasteiger partial charge in [-0.25, -0.2) is 4.79 Å². The number of hydrogen-bond acceptors (Lipinski definition) is 4. The predicted molar refractivity (Wildman–Crippen MR) is 105 cm³/mol. The van der Waals surface area contributed by atoms with Crippen molar-refractivity contribution in [2.75, 3.05) is 20.2 Å². The Morgan fingerprint density at radius 2 is 1.85 bits per heavy atom. The second-order valence-corrected chi connectivity index (χ2v) is 6.77. The van der Waals surface area contributed by atoms with E-state index in [0.717, 1.165) is 30.0 Å². The van der Waals surface area contributed by atoms with E-state index < -0.39 is 5.97 Å². The predicted octanol–water partition coefficient (Wildman–Crippen LogP) is 4.52. The third-order valence-electron chi connectivity index (χ3n) is 4.34. The average molecular weight is 392 g/mol. The van der Waals surface area contributed by atoms with Gasteiger partial charge in [-0.3, -0.25) is 4.79 Å². The lowest BCUT2D eigenvalue weighted by Gasteiger charge is -2.22. The second-order valence-electron chi connectivity index (χ2n) is 6.33. The Morgan fingerprint density at radius 3 is 2.52 bits per heavy atom. The number of furan rings is 1. The van der Waals surface area contributed by atoms with Gasteiger partial charge >= 0.3 is 5.97 Å². The summed E-state index contributed by atoms with van der Waals surface area (Å²) in [6, 6.07) is 11.2. The van der Waals surface area contributed by atoms with E-state index in [1.165, 1.54) is 12.7 Å². The fraction of sp³-hybridized carbons (Fsp3) is 0.429. The fourth-order valence-electron chi connectivity index (χ4n) is 2.92. The van der Waals surface area contributed by atoms with Gasteiger partial charge < -0.3 is 14.1 Å². The molecule has 0 N–H and O–H groups in total. The molecule has 27 heavy (non-hydrogen) atoms. The zero-order valence-corrected chi connectivity index (χ0v) is 16.6. The lowest BCUT2D eigenvalue weighted by Crippen LogP contribution is -2.32. The van der Waals surface area contributed by atoms with Crippen LogP contribution in [0, 0.1) is 0 Å². The van der Waals surface area contributed by atoms with E-state index in [4.69, 9.17) is 16.0 Å². The van der Waals surface area contributed by atoms with Crippen LogP contribution in [-0.4, -0.2) is 37.0 Å². The maximum Gasteiger partial charge on any atom is 0.373 e. The summed E-state index contributed by atoms with van der Waals surface area (Å²) in [5.41, 5.74) is 1.18. The molecule has 0 unspecified atom stereocenters. The molecule has 2 rings (SSSR count). The molecule has 0 bridgehead atoms. The fourth-order valence-corrected chi connectivity index (χ4v) is 3.13. The van der Waals surface area contributed by atoms with Crippen LogP contribution in [0.3, 0.4) is 0 Å². The molecule has 1 aromatic carbocycles. The van der Waals surface area contributed by atoms with Crippen molar-refractivity contribution in [3.8, 4) is 0 Å². The Labute approximate surface area is 165 Å². The van der Waals surface area contributed by atoms with Gasteiger partial charge in [0.15, 0.2) is 0 Å². The van der Waals surface area contributed by atoms with Gasteiger partial charge in [-0.2, -0.15) is 0 Å². The highest BCUT2D eigenvalue weighted by Crippen LogP contribution is 2.14. The van der Waals surface area contributed by atoms with Gasteiger partial charge in [-0.15, -0.1) is 0 Å². The summed E-state index contributed by atoms with van der Waals surface area (Å²) >= 11 is 6.01. The van der Waals surface area contributed by atoms with Crippen molar-refractivity contribution in [1.82, 2.24) is 4.90 Å². The van der Waals surface area contributed by atoms with Crippen molar-refractivity contribution >= 4 is 23.5 Å². The van der Waals surface area contributed by atoms with E-state index in [-0.39, 0.29) is 11.7 Å². The molecule has 146 valence electrons. The van der Waals surface area contributed by atoms with Crippen molar-refractivity contribution in [3.05, 3.63) is 58.5 Å². The van der Waals surface area contributed by atoms with Gasteiger partial charge in [0.2, 0.25) is 11.7 Å². The van der Waals surface area contributed by atoms with Crippen molar-refractivity contribution in [2.24, 2.45) is 0 Å². The molecule has 0 saturated carbocycles. The number of esters is 1. The summed E-state index contributed by atoms with van der Waals surface area (Å²) in [5.74, 6) is 0.592. The first kappa shape index (κ1) is 21.0. The first-order chi connectivity index (χ1) is 13.0. The maximum atomic E-state index is 12.2. The Balaban J connectivity index is 1.80. The number of ether oxygens (including phenoxy) is 1. The monoisotopic (exact) mass is 391 g/mol. The Kier molecular flexibility index (Phi) is 8.40. The molecule has 5 nitrogen and oxygen atoms in total. The van der Waals surface area contributed by atoms with Crippen molar-refractivity contribution in [1.29, 1.82) is 0 Å². The Morgan fingerprint density at radius 1 is 1.11 bits per heavy atom. The first-order valence-electron chi connectivity index (χ1n) is 9.22. The third-order valence-corrected chi connectivity index (χ3v) is 4.57. The summed E-state index contributed by atoms with van der Waals surface area (Å²) in [6.07, 6.45) is 3.70. The number of nitrogens with zero attached hydrogens (tertiary/aromatic N) is 1. The number of halogens is 1. The summed E-state index contributed by atoms with van der Waals surface area (Å²) < 4.78 is 10.1. The summed E-state index contributed by atoms with van der Waals surface area (Å²) in [7, 11) is 1.32. The molecule has 1 heterocycles. The lowest BCUT2D eigenvalue weighted by atomic mass is 10.1. The van der Waals surface area contributed by atoms with E-state index in [1.807, 2.05) is 36.1 Å². The smallest absolute Gasteiger partial charge is 0.373 e.